The zero-order valence-corrected chi connectivity index (χ0v) is 19.9. The first-order valence-corrected chi connectivity index (χ1v) is 12.5. The zero-order valence-electron chi connectivity index (χ0n) is 19.9. The Balaban J connectivity index is 1.48. The molecule has 1 fully saturated rings. The van der Waals surface area contributed by atoms with E-state index in [1.807, 2.05) is 37.3 Å². The molecule has 1 aliphatic carbocycles. The Hall–Kier alpha value is -2.81. The highest BCUT2D eigenvalue weighted by atomic mass is 19.2. The molecule has 1 saturated carbocycles. The molecule has 0 radical (unpaired) electrons. The van der Waals surface area contributed by atoms with Gasteiger partial charge in [-0.15, -0.1) is 6.58 Å². The molecule has 0 saturated heterocycles. The van der Waals surface area contributed by atoms with Crippen LogP contribution < -0.4 is 0 Å². The van der Waals surface area contributed by atoms with Gasteiger partial charge >= 0.3 is 0 Å². The predicted octanol–water partition coefficient (Wildman–Crippen LogP) is 9.63. The number of halogens is 3. The molecule has 0 amide bonds. The Kier molecular flexibility index (Phi) is 7.92. The van der Waals surface area contributed by atoms with E-state index in [1.165, 1.54) is 6.42 Å². The Morgan fingerprint density at radius 1 is 0.824 bits per heavy atom. The molecule has 0 atom stereocenters. The van der Waals surface area contributed by atoms with Crippen molar-refractivity contribution in [2.75, 3.05) is 0 Å². The maximum absolute atomic E-state index is 15.1. The Morgan fingerprint density at radius 3 is 2.15 bits per heavy atom. The Labute approximate surface area is 201 Å². The standard InChI is InChI=1S/C31H33F3/c1-3-5-7-21-8-10-23(11-9-21)27-18-17-26(20-29(27)32)22-12-14-24(15-13-22)28-19-16-25(6-4-2)30(33)31(28)34/h3,12-21,23H,1,4-11H2,2H3. The second-order valence-electron chi connectivity index (χ2n) is 9.55. The minimum atomic E-state index is -0.812. The molecule has 178 valence electrons. The lowest BCUT2D eigenvalue weighted by atomic mass is 9.77. The van der Waals surface area contributed by atoms with E-state index >= 15 is 4.39 Å². The van der Waals surface area contributed by atoms with Crippen molar-refractivity contribution in [1.29, 1.82) is 0 Å². The van der Waals surface area contributed by atoms with Crippen molar-refractivity contribution in [2.45, 2.75) is 64.2 Å². The first kappa shape index (κ1) is 24.3. The van der Waals surface area contributed by atoms with Gasteiger partial charge in [-0.1, -0.05) is 68.0 Å². The minimum absolute atomic E-state index is 0.157. The molecular weight excluding hydrogens is 429 g/mol. The molecule has 0 aliphatic heterocycles. The molecular formula is C31H33F3. The van der Waals surface area contributed by atoms with Crippen LogP contribution in [0.15, 0.2) is 67.3 Å². The van der Waals surface area contributed by atoms with Gasteiger partial charge in [0.1, 0.15) is 5.82 Å². The number of hydrogen-bond acceptors (Lipinski definition) is 0. The lowest BCUT2D eigenvalue weighted by Crippen LogP contribution is -2.14. The molecule has 34 heavy (non-hydrogen) atoms. The molecule has 4 rings (SSSR count). The maximum atomic E-state index is 15.1. The van der Waals surface area contributed by atoms with Gasteiger partial charge in [0.25, 0.3) is 0 Å². The molecule has 3 aromatic carbocycles. The van der Waals surface area contributed by atoms with E-state index in [-0.39, 0.29) is 17.3 Å². The van der Waals surface area contributed by atoms with Crippen LogP contribution in [-0.4, -0.2) is 0 Å². The molecule has 0 spiro atoms. The van der Waals surface area contributed by atoms with Crippen LogP contribution in [0.1, 0.15) is 68.9 Å². The second kappa shape index (κ2) is 11.1. The molecule has 0 unspecified atom stereocenters. The summed E-state index contributed by atoms with van der Waals surface area (Å²) in [6, 6.07) is 16.0. The van der Waals surface area contributed by atoms with Gasteiger partial charge in [0.05, 0.1) is 0 Å². The smallest absolute Gasteiger partial charge is 0.166 e. The second-order valence-corrected chi connectivity index (χ2v) is 9.55. The van der Waals surface area contributed by atoms with Crippen LogP contribution in [0.3, 0.4) is 0 Å². The van der Waals surface area contributed by atoms with Crippen LogP contribution in [0.25, 0.3) is 22.3 Å². The van der Waals surface area contributed by atoms with E-state index in [4.69, 9.17) is 0 Å². The molecule has 0 aromatic heterocycles. The highest BCUT2D eigenvalue weighted by molar-refractivity contribution is 5.71. The van der Waals surface area contributed by atoms with E-state index < -0.39 is 11.6 Å². The van der Waals surface area contributed by atoms with Crippen LogP contribution in [0, 0.1) is 23.4 Å². The molecule has 0 N–H and O–H groups in total. The summed E-state index contributed by atoms with van der Waals surface area (Å²) in [5.74, 6) is -0.721. The van der Waals surface area contributed by atoms with E-state index in [1.54, 1.807) is 30.3 Å². The first-order valence-electron chi connectivity index (χ1n) is 12.5. The maximum Gasteiger partial charge on any atom is 0.166 e. The fraction of sp³-hybridized carbons (Fsp3) is 0.355. The molecule has 1 aliphatic rings. The van der Waals surface area contributed by atoms with E-state index in [0.717, 1.165) is 61.1 Å². The summed E-state index contributed by atoms with van der Waals surface area (Å²) < 4.78 is 44.1. The molecule has 0 bridgehead atoms. The van der Waals surface area contributed by atoms with Gasteiger partial charge in [0.15, 0.2) is 11.6 Å². The summed E-state index contributed by atoms with van der Waals surface area (Å²) in [5, 5.41) is 0. The Morgan fingerprint density at radius 2 is 1.50 bits per heavy atom. The SMILES string of the molecule is C=CCCC1CCC(c2ccc(-c3ccc(-c4ccc(CCC)c(F)c4F)cc3)cc2F)CC1. The first-order chi connectivity index (χ1) is 16.5. The number of aryl methyl sites for hydroxylation is 1. The third-order valence-corrected chi connectivity index (χ3v) is 7.28. The zero-order chi connectivity index (χ0) is 24.1. The third-order valence-electron chi connectivity index (χ3n) is 7.28. The number of benzene rings is 3. The molecule has 3 heteroatoms. The van der Waals surface area contributed by atoms with Crippen molar-refractivity contribution in [2.24, 2.45) is 5.92 Å². The molecule has 3 aromatic rings. The molecule has 0 heterocycles. The van der Waals surface area contributed by atoms with Gasteiger partial charge in [-0.05, 0) is 90.7 Å². The lowest BCUT2D eigenvalue weighted by Gasteiger charge is -2.29. The monoisotopic (exact) mass is 462 g/mol. The predicted molar refractivity (Wildman–Crippen MR) is 135 cm³/mol. The largest absolute Gasteiger partial charge is 0.207 e. The topological polar surface area (TPSA) is 0 Å². The van der Waals surface area contributed by atoms with Crippen LogP contribution in [0.2, 0.25) is 0 Å². The fourth-order valence-electron chi connectivity index (χ4n) is 5.27. The fourth-order valence-corrected chi connectivity index (χ4v) is 5.27. The summed E-state index contributed by atoms with van der Waals surface area (Å²) >= 11 is 0. The van der Waals surface area contributed by atoms with E-state index in [9.17, 15) is 8.78 Å². The van der Waals surface area contributed by atoms with Crippen molar-refractivity contribution in [1.82, 2.24) is 0 Å². The van der Waals surface area contributed by atoms with Gasteiger partial charge in [-0.3, -0.25) is 0 Å². The third kappa shape index (κ3) is 5.29. The summed E-state index contributed by atoms with van der Waals surface area (Å²) in [4.78, 5) is 0. The van der Waals surface area contributed by atoms with Crippen molar-refractivity contribution in [3.8, 4) is 22.3 Å². The molecule has 0 nitrogen and oxygen atoms in total. The lowest BCUT2D eigenvalue weighted by molar-refractivity contribution is 0.308. The Bertz CT molecular complexity index is 1120. The van der Waals surface area contributed by atoms with E-state index in [2.05, 4.69) is 6.58 Å². The van der Waals surface area contributed by atoms with Gasteiger partial charge in [0.2, 0.25) is 0 Å². The highest BCUT2D eigenvalue weighted by Gasteiger charge is 2.24. The van der Waals surface area contributed by atoms with Crippen molar-refractivity contribution < 1.29 is 13.2 Å². The van der Waals surface area contributed by atoms with Gasteiger partial charge in [-0.25, -0.2) is 13.2 Å². The summed E-state index contributed by atoms with van der Waals surface area (Å²) in [6.07, 6.45) is 9.87. The van der Waals surface area contributed by atoms with Gasteiger partial charge < -0.3 is 0 Å². The summed E-state index contributed by atoms with van der Waals surface area (Å²) in [6.45, 7) is 5.75. The summed E-state index contributed by atoms with van der Waals surface area (Å²) in [5.41, 5.74) is 3.71. The average molecular weight is 463 g/mol. The number of allylic oxidation sites excluding steroid dienone is 1. The van der Waals surface area contributed by atoms with Crippen molar-refractivity contribution in [3.05, 3.63) is 95.8 Å². The van der Waals surface area contributed by atoms with E-state index in [0.29, 0.717) is 17.5 Å². The van der Waals surface area contributed by atoms with Crippen molar-refractivity contribution >= 4 is 0 Å². The minimum Gasteiger partial charge on any atom is -0.207 e. The quantitative estimate of drug-likeness (QED) is 0.292. The van der Waals surface area contributed by atoms with Crippen LogP contribution >= 0.6 is 0 Å². The van der Waals surface area contributed by atoms with Crippen LogP contribution in [0.5, 0.6) is 0 Å². The van der Waals surface area contributed by atoms with Crippen LogP contribution in [-0.2, 0) is 6.42 Å². The van der Waals surface area contributed by atoms with Gasteiger partial charge in [-0.2, -0.15) is 0 Å². The average Bonchev–Trinajstić information content (AvgIpc) is 2.86. The normalized spacial score (nSPS) is 18.1. The van der Waals surface area contributed by atoms with Crippen LogP contribution in [0.4, 0.5) is 13.2 Å². The van der Waals surface area contributed by atoms with Crippen molar-refractivity contribution in [3.63, 3.8) is 0 Å². The number of hydrogen-bond donors (Lipinski definition) is 0. The van der Waals surface area contributed by atoms with Gasteiger partial charge in [0, 0.05) is 5.56 Å². The number of rotatable bonds is 8. The summed E-state index contributed by atoms with van der Waals surface area (Å²) in [7, 11) is 0. The highest BCUT2D eigenvalue weighted by Crippen LogP contribution is 2.39.